The Bertz CT molecular complexity index is 500. The summed E-state index contributed by atoms with van der Waals surface area (Å²) in [6, 6.07) is 12.1. The molecule has 2 aromatic rings. The lowest BCUT2D eigenvalue weighted by atomic mass is 10.2. The largest absolute Gasteiger partial charge is 0.379 e. The SMILES string of the molecule is NCc1cccc(CNc2cccc(F)c2)n1. The average Bonchev–Trinajstić information content (AvgIpc) is 2.37. The van der Waals surface area contributed by atoms with Crippen LogP contribution in [0.4, 0.5) is 10.1 Å². The molecule has 88 valence electrons. The smallest absolute Gasteiger partial charge is 0.125 e. The Kier molecular flexibility index (Phi) is 3.67. The molecule has 1 aromatic heterocycles. The minimum absolute atomic E-state index is 0.251. The van der Waals surface area contributed by atoms with E-state index in [1.165, 1.54) is 12.1 Å². The van der Waals surface area contributed by atoms with Gasteiger partial charge in [-0.2, -0.15) is 0 Å². The molecular weight excluding hydrogens is 217 g/mol. The van der Waals surface area contributed by atoms with E-state index in [4.69, 9.17) is 5.73 Å². The minimum Gasteiger partial charge on any atom is -0.379 e. The predicted molar refractivity (Wildman–Crippen MR) is 65.9 cm³/mol. The van der Waals surface area contributed by atoms with Crippen LogP contribution in [-0.2, 0) is 13.1 Å². The molecule has 0 saturated heterocycles. The Morgan fingerprint density at radius 2 is 1.88 bits per heavy atom. The molecule has 2 rings (SSSR count). The summed E-state index contributed by atoms with van der Waals surface area (Å²) in [6.45, 7) is 0.977. The average molecular weight is 231 g/mol. The van der Waals surface area contributed by atoms with Gasteiger partial charge in [-0.15, -0.1) is 0 Å². The van der Waals surface area contributed by atoms with Crippen LogP contribution in [0.3, 0.4) is 0 Å². The Labute approximate surface area is 99.5 Å². The molecule has 0 spiro atoms. The lowest BCUT2D eigenvalue weighted by molar-refractivity contribution is 0.628. The first-order chi connectivity index (χ1) is 8.28. The number of hydrogen-bond acceptors (Lipinski definition) is 3. The highest BCUT2D eigenvalue weighted by atomic mass is 19.1. The number of nitrogens with two attached hydrogens (primary N) is 1. The van der Waals surface area contributed by atoms with Gasteiger partial charge < -0.3 is 11.1 Å². The zero-order valence-electron chi connectivity index (χ0n) is 9.36. The van der Waals surface area contributed by atoms with Crippen LogP contribution in [0.25, 0.3) is 0 Å². The Morgan fingerprint density at radius 1 is 1.12 bits per heavy atom. The van der Waals surface area contributed by atoms with E-state index in [0.29, 0.717) is 13.1 Å². The highest BCUT2D eigenvalue weighted by molar-refractivity contribution is 5.43. The van der Waals surface area contributed by atoms with Gasteiger partial charge in [-0.05, 0) is 30.3 Å². The van der Waals surface area contributed by atoms with Gasteiger partial charge >= 0.3 is 0 Å². The number of halogens is 1. The quantitative estimate of drug-likeness (QED) is 0.848. The molecular formula is C13H14FN3. The number of pyridine rings is 1. The second-order valence-electron chi connectivity index (χ2n) is 3.69. The van der Waals surface area contributed by atoms with Crippen LogP contribution in [0.1, 0.15) is 11.4 Å². The van der Waals surface area contributed by atoms with Crippen molar-refractivity contribution in [3.05, 3.63) is 59.7 Å². The number of hydrogen-bond donors (Lipinski definition) is 2. The van der Waals surface area contributed by atoms with Gasteiger partial charge in [0.15, 0.2) is 0 Å². The van der Waals surface area contributed by atoms with E-state index in [2.05, 4.69) is 10.3 Å². The van der Waals surface area contributed by atoms with E-state index in [9.17, 15) is 4.39 Å². The fourth-order valence-corrected chi connectivity index (χ4v) is 1.53. The van der Waals surface area contributed by atoms with E-state index in [-0.39, 0.29) is 5.82 Å². The van der Waals surface area contributed by atoms with Crippen molar-refractivity contribution in [2.75, 3.05) is 5.32 Å². The normalized spacial score (nSPS) is 10.2. The zero-order valence-corrected chi connectivity index (χ0v) is 9.36. The van der Waals surface area contributed by atoms with E-state index in [0.717, 1.165) is 17.1 Å². The van der Waals surface area contributed by atoms with E-state index < -0.39 is 0 Å². The maximum atomic E-state index is 12.9. The molecule has 4 heteroatoms. The summed E-state index contributed by atoms with van der Waals surface area (Å²) in [7, 11) is 0. The van der Waals surface area contributed by atoms with Gasteiger partial charge in [0.1, 0.15) is 5.82 Å². The highest BCUT2D eigenvalue weighted by Gasteiger charge is 1.98. The maximum Gasteiger partial charge on any atom is 0.125 e. The lowest BCUT2D eigenvalue weighted by Gasteiger charge is -2.06. The van der Waals surface area contributed by atoms with Crippen molar-refractivity contribution in [2.45, 2.75) is 13.1 Å². The highest BCUT2D eigenvalue weighted by Crippen LogP contribution is 2.10. The van der Waals surface area contributed by atoms with Crippen LogP contribution in [0, 0.1) is 5.82 Å². The van der Waals surface area contributed by atoms with Crippen LogP contribution < -0.4 is 11.1 Å². The van der Waals surface area contributed by atoms with Crippen molar-refractivity contribution >= 4 is 5.69 Å². The molecule has 0 bridgehead atoms. The molecule has 0 aliphatic carbocycles. The van der Waals surface area contributed by atoms with Crippen LogP contribution >= 0.6 is 0 Å². The third-order valence-corrected chi connectivity index (χ3v) is 2.37. The Balaban J connectivity index is 2.02. The number of nitrogens with one attached hydrogen (secondary N) is 1. The van der Waals surface area contributed by atoms with Crippen molar-refractivity contribution < 1.29 is 4.39 Å². The molecule has 0 saturated carbocycles. The summed E-state index contributed by atoms with van der Waals surface area (Å²) in [4.78, 5) is 4.35. The summed E-state index contributed by atoms with van der Waals surface area (Å²) in [6.07, 6.45) is 0. The van der Waals surface area contributed by atoms with Gasteiger partial charge in [-0.1, -0.05) is 12.1 Å². The molecule has 3 N–H and O–H groups in total. The number of aromatic nitrogens is 1. The predicted octanol–water partition coefficient (Wildman–Crippen LogP) is 2.29. The van der Waals surface area contributed by atoms with Gasteiger partial charge in [0.05, 0.1) is 17.9 Å². The molecule has 1 heterocycles. The molecule has 0 atom stereocenters. The lowest BCUT2D eigenvalue weighted by Crippen LogP contribution is -2.05. The third kappa shape index (κ3) is 3.26. The van der Waals surface area contributed by atoms with E-state index >= 15 is 0 Å². The monoisotopic (exact) mass is 231 g/mol. The van der Waals surface area contributed by atoms with Gasteiger partial charge in [0.25, 0.3) is 0 Å². The number of benzene rings is 1. The number of rotatable bonds is 4. The van der Waals surface area contributed by atoms with E-state index in [1.54, 1.807) is 6.07 Å². The molecule has 0 unspecified atom stereocenters. The fraction of sp³-hybridized carbons (Fsp3) is 0.154. The molecule has 17 heavy (non-hydrogen) atoms. The van der Waals surface area contributed by atoms with Gasteiger partial charge in [-0.25, -0.2) is 4.39 Å². The van der Waals surface area contributed by atoms with Gasteiger partial charge in [0.2, 0.25) is 0 Å². The van der Waals surface area contributed by atoms with Crippen LogP contribution in [-0.4, -0.2) is 4.98 Å². The van der Waals surface area contributed by atoms with Crippen molar-refractivity contribution in [2.24, 2.45) is 5.73 Å². The first-order valence-corrected chi connectivity index (χ1v) is 5.42. The summed E-state index contributed by atoms with van der Waals surface area (Å²) in [5.41, 5.74) is 7.99. The zero-order chi connectivity index (χ0) is 12.1. The summed E-state index contributed by atoms with van der Waals surface area (Å²) in [5.74, 6) is -0.251. The van der Waals surface area contributed by atoms with Crippen LogP contribution in [0.15, 0.2) is 42.5 Å². The van der Waals surface area contributed by atoms with Crippen molar-refractivity contribution in [3.8, 4) is 0 Å². The first kappa shape index (κ1) is 11.5. The number of nitrogens with zero attached hydrogens (tertiary/aromatic N) is 1. The third-order valence-electron chi connectivity index (χ3n) is 2.37. The molecule has 0 radical (unpaired) electrons. The summed E-state index contributed by atoms with van der Waals surface area (Å²) >= 11 is 0. The standard InChI is InChI=1S/C13H14FN3/c14-10-3-1-4-11(7-10)16-9-13-6-2-5-12(8-15)17-13/h1-7,16H,8-9,15H2. The molecule has 1 aromatic carbocycles. The molecule has 0 aliphatic heterocycles. The van der Waals surface area contributed by atoms with Crippen LogP contribution in [0.5, 0.6) is 0 Å². The first-order valence-electron chi connectivity index (χ1n) is 5.42. The van der Waals surface area contributed by atoms with Crippen LogP contribution in [0.2, 0.25) is 0 Å². The molecule has 0 amide bonds. The molecule has 0 fully saturated rings. The minimum atomic E-state index is -0.251. The van der Waals surface area contributed by atoms with Gasteiger partial charge in [0, 0.05) is 12.2 Å². The van der Waals surface area contributed by atoms with Crippen molar-refractivity contribution in [1.82, 2.24) is 4.98 Å². The molecule has 3 nitrogen and oxygen atoms in total. The molecule has 0 aliphatic rings. The summed E-state index contributed by atoms with van der Waals surface area (Å²) in [5, 5.41) is 3.11. The fourth-order valence-electron chi connectivity index (χ4n) is 1.53. The summed E-state index contributed by atoms with van der Waals surface area (Å²) < 4.78 is 12.9. The van der Waals surface area contributed by atoms with E-state index in [1.807, 2.05) is 24.3 Å². The second-order valence-corrected chi connectivity index (χ2v) is 3.69. The topological polar surface area (TPSA) is 50.9 Å². The van der Waals surface area contributed by atoms with Crippen molar-refractivity contribution in [3.63, 3.8) is 0 Å². The second kappa shape index (κ2) is 5.41. The number of anilines is 1. The van der Waals surface area contributed by atoms with Crippen molar-refractivity contribution in [1.29, 1.82) is 0 Å². The van der Waals surface area contributed by atoms with Gasteiger partial charge in [-0.3, -0.25) is 4.98 Å². The Morgan fingerprint density at radius 3 is 2.65 bits per heavy atom. The Hall–Kier alpha value is -1.94. The maximum absolute atomic E-state index is 12.9.